The largest absolute Gasteiger partial charge is 0.494 e. The number of para-hydroxylation sites is 1. The molecule has 0 aromatic heterocycles. The molecular formula is C22H24N2O3. The molecule has 0 saturated carbocycles. The number of hydrogen-bond acceptors (Lipinski definition) is 4. The second-order valence-corrected chi connectivity index (χ2v) is 6.72. The third kappa shape index (κ3) is 3.58. The lowest BCUT2D eigenvalue weighted by atomic mass is 10.0. The van der Waals surface area contributed by atoms with Gasteiger partial charge in [-0.3, -0.25) is 14.5 Å². The third-order valence-corrected chi connectivity index (χ3v) is 4.49. The quantitative estimate of drug-likeness (QED) is 0.787. The lowest BCUT2D eigenvalue weighted by Crippen LogP contribution is -2.38. The first kappa shape index (κ1) is 18.7. The number of rotatable bonds is 6. The van der Waals surface area contributed by atoms with Crippen molar-refractivity contribution in [2.45, 2.75) is 33.7 Å². The summed E-state index contributed by atoms with van der Waals surface area (Å²) in [5.74, 6) is 0.144. The van der Waals surface area contributed by atoms with E-state index in [0.29, 0.717) is 23.4 Å². The van der Waals surface area contributed by atoms with Gasteiger partial charge >= 0.3 is 0 Å². The molecule has 0 spiro atoms. The number of imide groups is 1. The second kappa shape index (κ2) is 7.66. The minimum Gasteiger partial charge on any atom is -0.494 e. The molecule has 0 bridgehead atoms. The van der Waals surface area contributed by atoms with Crippen LogP contribution in [-0.4, -0.2) is 29.4 Å². The van der Waals surface area contributed by atoms with Crippen LogP contribution in [-0.2, 0) is 9.59 Å². The lowest BCUT2D eigenvalue weighted by molar-refractivity contribution is -0.138. The SMILES string of the molecule is CCOc1ccc(C2=C(Nc3ccccc3C)C(=O)N(C(C)C)C2=O)cc1. The molecule has 3 rings (SSSR count). The van der Waals surface area contributed by atoms with Crippen molar-refractivity contribution in [2.24, 2.45) is 0 Å². The molecule has 0 atom stereocenters. The Hall–Kier alpha value is -3.08. The fourth-order valence-electron chi connectivity index (χ4n) is 3.13. The van der Waals surface area contributed by atoms with Gasteiger partial charge in [0.1, 0.15) is 11.4 Å². The van der Waals surface area contributed by atoms with E-state index in [1.165, 1.54) is 4.90 Å². The van der Waals surface area contributed by atoms with E-state index in [-0.39, 0.29) is 17.9 Å². The molecule has 2 amide bonds. The number of carbonyl (C=O) groups excluding carboxylic acids is 2. The van der Waals surface area contributed by atoms with E-state index in [0.717, 1.165) is 17.0 Å². The molecule has 5 nitrogen and oxygen atoms in total. The van der Waals surface area contributed by atoms with Gasteiger partial charge in [0.25, 0.3) is 11.8 Å². The van der Waals surface area contributed by atoms with Crippen LogP contribution in [0.3, 0.4) is 0 Å². The highest BCUT2D eigenvalue weighted by Gasteiger charge is 2.40. The van der Waals surface area contributed by atoms with Crippen molar-refractivity contribution in [2.75, 3.05) is 11.9 Å². The van der Waals surface area contributed by atoms with Crippen LogP contribution in [0.5, 0.6) is 5.75 Å². The molecule has 5 heteroatoms. The molecule has 140 valence electrons. The minimum atomic E-state index is -0.304. The Morgan fingerprint density at radius 3 is 2.26 bits per heavy atom. The number of amides is 2. The van der Waals surface area contributed by atoms with Crippen molar-refractivity contribution in [3.05, 3.63) is 65.4 Å². The van der Waals surface area contributed by atoms with E-state index >= 15 is 0 Å². The average Bonchev–Trinajstić information content (AvgIpc) is 2.88. The van der Waals surface area contributed by atoms with Gasteiger partial charge in [-0.2, -0.15) is 0 Å². The second-order valence-electron chi connectivity index (χ2n) is 6.72. The summed E-state index contributed by atoms with van der Waals surface area (Å²) >= 11 is 0. The van der Waals surface area contributed by atoms with Crippen molar-refractivity contribution in [3.63, 3.8) is 0 Å². The van der Waals surface area contributed by atoms with E-state index < -0.39 is 0 Å². The number of ether oxygens (including phenoxy) is 1. The van der Waals surface area contributed by atoms with Gasteiger partial charge in [0.2, 0.25) is 0 Å². The van der Waals surface area contributed by atoms with Crippen LogP contribution in [0.2, 0.25) is 0 Å². The molecule has 1 heterocycles. The van der Waals surface area contributed by atoms with Gasteiger partial charge in [-0.1, -0.05) is 30.3 Å². The van der Waals surface area contributed by atoms with Gasteiger partial charge in [0, 0.05) is 11.7 Å². The molecule has 0 saturated heterocycles. The molecule has 2 aromatic carbocycles. The molecule has 0 aliphatic carbocycles. The van der Waals surface area contributed by atoms with E-state index in [1.807, 2.05) is 76.2 Å². The van der Waals surface area contributed by atoms with Crippen LogP contribution in [0.25, 0.3) is 5.57 Å². The van der Waals surface area contributed by atoms with Gasteiger partial charge in [-0.05, 0) is 57.0 Å². The Kier molecular flexibility index (Phi) is 5.31. The first-order valence-electron chi connectivity index (χ1n) is 9.12. The van der Waals surface area contributed by atoms with E-state index in [4.69, 9.17) is 4.74 Å². The van der Waals surface area contributed by atoms with E-state index in [2.05, 4.69) is 5.32 Å². The summed E-state index contributed by atoms with van der Waals surface area (Å²) in [6, 6.07) is 14.7. The summed E-state index contributed by atoms with van der Waals surface area (Å²) in [7, 11) is 0. The highest BCUT2D eigenvalue weighted by molar-refractivity contribution is 6.36. The molecule has 0 radical (unpaired) electrons. The van der Waals surface area contributed by atoms with Crippen LogP contribution in [0.1, 0.15) is 31.9 Å². The van der Waals surface area contributed by atoms with Gasteiger partial charge in [-0.25, -0.2) is 0 Å². The summed E-state index contributed by atoms with van der Waals surface area (Å²) in [5, 5.41) is 3.20. The predicted octanol–water partition coefficient (Wildman–Crippen LogP) is 3.99. The summed E-state index contributed by atoms with van der Waals surface area (Å²) in [6.07, 6.45) is 0. The fourth-order valence-corrected chi connectivity index (χ4v) is 3.13. The topological polar surface area (TPSA) is 58.6 Å². The summed E-state index contributed by atoms with van der Waals surface area (Å²) < 4.78 is 5.48. The van der Waals surface area contributed by atoms with Crippen molar-refractivity contribution in [1.82, 2.24) is 4.90 Å². The van der Waals surface area contributed by atoms with Gasteiger partial charge in [0.15, 0.2) is 0 Å². The lowest BCUT2D eigenvalue weighted by Gasteiger charge is -2.19. The first-order valence-corrected chi connectivity index (χ1v) is 9.12. The first-order chi connectivity index (χ1) is 12.9. The zero-order valence-corrected chi connectivity index (χ0v) is 16.1. The molecule has 1 aliphatic rings. The highest BCUT2D eigenvalue weighted by Crippen LogP contribution is 2.33. The Labute approximate surface area is 159 Å². The zero-order valence-electron chi connectivity index (χ0n) is 16.1. The van der Waals surface area contributed by atoms with E-state index in [9.17, 15) is 9.59 Å². The van der Waals surface area contributed by atoms with Crippen LogP contribution in [0.4, 0.5) is 5.69 Å². The summed E-state index contributed by atoms with van der Waals surface area (Å²) in [6.45, 7) is 8.12. The normalized spacial score (nSPS) is 14.3. The molecule has 1 aliphatic heterocycles. The monoisotopic (exact) mass is 364 g/mol. The van der Waals surface area contributed by atoms with E-state index in [1.54, 1.807) is 0 Å². The maximum atomic E-state index is 13.0. The van der Waals surface area contributed by atoms with Crippen LogP contribution in [0, 0.1) is 6.92 Å². The summed E-state index contributed by atoms with van der Waals surface area (Å²) in [5.41, 5.74) is 3.20. The Bertz CT molecular complexity index is 898. The Morgan fingerprint density at radius 1 is 1.00 bits per heavy atom. The van der Waals surface area contributed by atoms with Gasteiger partial charge < -0.3 is 10.1 Å². The van der Waals surface area contributed by atoms with Crippen molar-refractivity contribution < 1.29 is 14.3 Å². The summed E-state index contributed by atoms with van der Waals surface area (Å²) in [4.78, 5) is 27.3. The van der Waals surface area contributed by atoms with Crippen molar-refractivity contribution in [3.8, 4) is 5.75 Å². The standard InChI is InChI=1S/C22H24N2O3/c1-5-27-17-12-10-16(11-13-17)19-20(22(26)24(14(2)3)21(19)25)23-18-9-7-6-8-15(18)4/h6-14,23H,5H2,1-4H3. The third-order valence-electron chi connectivity index (χ3n) is 4.49. The van der Waals surface area contributed by atoms with Crippen molar-refractivity contribution in [1.29, 1.82) is 0 Å². The average molecular weight is 364 g/mol. The number of carbonyl (C=O) groups is 2. The fraction of sp³-hybridized carbons (Fsp3) is 0.273. The molecular weight excluding hydrogens is 340 g/mol. The van der Waals surface area contributed by atoms with Gasteiger partial charge in [0.05, 0.1) is 12.2 Å². The van der Waals surface area contributed by atoms with Crippen LogP contribution >= 0.6 is 0 Å². The Morgan fingerprint density at radius 2 is 1.67 bits per heavy atom. The van der Waals surface area contributed by atoms with Crippen LogP contribution in [0.15, 0.2) is 54.2 Å². The molecule has 1 N–H and O–H groups in total. The molecule has 2 aromatic rings. The molecule has 0 unspecified atom stereocenters. The maximum absolute atomic E-state index is 13.0. The number of hydrogen-bond donors (Lipinski definition) is 1. The number of nitrogens with one attached hydrogen (secondary N) is 1. The maximum Gasteiger partial charge on any atom is 0.278 e. The number of aryl methyl sites for hydroxylation is 1. The smallest absolute Gasteiger partial charge is 0.278 e. The van der Waals surface area contributed by atoms with Crippen molar-refractivity contribution >= 4 is 23.1 Å². The van der Waals surface area contributed by atoms with Crippen LogP contribution < -0.4 is 10.1 Å². The molecule has 27 heavy (non-hydrogen) atoms. The Balaban J connectivity index is 2.07. The number of nitrogens with zero attached hydrogens (tertiary/aromatic N) is 1. The predicted molar refractivity (Wildman–Crippen MR) is 106 cm³/mol. The minimum absolute atomic E-state index is 0.223. The van der Waals surface area contributed by atoms with Gasteiger partial charge in [-0.15, -0.1) is 0 Å². The zero-order chi connectivity index (χ0) is 19.6. The molecule has 0 fully saturated rings. The highest BCUT2D eigenvalue weighted by atomic mass is 16.5. The number of anilines is 1. The number of benzene rings is 2.